The molecule has 1 rings (SSSR count). The molecule has 4 heteroatoms. The first-order valence-corrected chi connectivity index (χ1v) is 2.20. The van der Waals surface area contributed by atoms with Crippen molar-refractivity contribution in [1.82, 2.24) is 10.2 Å². The third kappa shape index (κ3) is 2.62. The third-order valence-electron chi connectivity index (χ3n) is 0.540. The van der Waals surface area contributed by atoms with Crippen LogP contribution in [-0.4, -0.2) is 39.8 Å². The van der Waals surface area contributed by atoms with Crippen LogP contribution in [0.3, 0.4) is 0 Å². The molecule has 2 nitrogen and oxygen atoms in total. The van der Waals surface area contributed by atoms with E-state index in [1.165, 1.54) is 0 Å². The molecule has 0 saturated heterocycles. The van der Waals surface area contributed by atoms with Gasteiger partial charge in [-0.25, -0.2) is 0 Å². The maximum atomic E-state index is 5.37. The van der Waals surface area contributed by atoms with Gasteiger partial charge in [-0.2, -0.15) is 5.10 Å². The van der Waals surface area contributed by atoms with E-state index in [4.69, 9.17) is 11.6 Å². The molecule has 0 radical (unpaired) electrons. The zero-order chi connectivity index (χ0) is 5.11. The Labute approximate surface area is 74.6 Å². The van der Waals surface area contributed by atoms with E-state index in [1.807, 2.05) is 0 Å². The van der Waals surface area contributed by atoms with Crippen LogP contribution in [0.4, 0.5) is 0 Å². The van der Waals surface area contributed by atoms with E-state index in [2.05, 4.69) is 10.2 Å². The molecule has 1 aromatic heterocycles. The second-order valence-electron chi connectivity index (χ2n) is 1.05. The molecule has 0 spiro atoms. The fourth-order valence-electron chi connectivity index (χ4n) is 0.283. The molecule has 8 heavy (non-hydrogen) atoms. The molecular formula is C4H4ClN2Na. The van der Waals surface area contributed by atoms with Crippen molar-refractivity contribution in [3.8, 4) is 0 Å². The normalized spacial score (nSPS) is 7.62. The van der Waals surface area contributed by atoms with Crippen LogP contribution in [0.2, 0.25) is 5.15 Å². The third-order valence-corrected chi connectivity index (χ3v) is 0.741. The predicted octanol–water partition coefficient (Wildman–Crippen LogP) is 0.481. The number of halogens is 1. The van der Waals surface area contributed by atoms with Crippen LogP contribution < -0.4 is 0 Å². The second-order valence-corrected chi connectivity index (χ2v) is 1.43. The van der Waals surface area contributed by atoms with Crippen LogP contribution in [0.15, 0.2) is 18.3 Å². The van der Waals surface area contributed by atoms with E-state index in [9.17, 15) is 0 Å². The van der Waals surface area contributed by atoms with E-state index < -0.39 is 0 Å². The molecule has 0 amide bonds. The molecule has 1 heterocycles. The van der Waals surface area contributed by atoms with Gasteiger partial charge in [-0.15, -0.1) is 5.10 Å². The van der Waals surface area contributed by atoms with Gasteiger partial charge in [0.15, 0.2) is 5.15 Å². The summed E-state index contributed by atoms with van der Waals surface area (Å²) in [6.45, 7) is 0. The summed E-state index contributed by atoms with van der Waals surface area (Å²) < 4.78 is 0. The molecule has 0 aliphatic heterocycles. The zero-order valence-electron chi connectivity index (χ0n) is 3.50. The first-order chi connectivity index (χ1) is 3.39. The van der Waals surface area contributed by atoms with Crippen LogP contribution >= 0.6 is 11.6 Å². The van der Waals surface area contributed by atoms with Crippen molar-refractivity contribution in [2.24, 2.45) is 0 Å². The van der Waals surface area contributed by atoms with Crippen LogP contribution in [-0.2, 0) is 0 Å². The van der Waals surface area contributed by atoms with E-state index in [0.717, 1.165) is 0 Å². The quantitative estimate of drug-likeness (QED) is 0.488. The van der Waals surface area contributed by atoms with Crippen molar-refractivity contribution in [2.75, 3.05) is 0 Å². The zero-order valence-corrected chi connectivity index (χ0v) is 4.26. The van der Waals surface area contributed by atoms with Crippen molar-refractivity contribution in [3.63, 3.8) is 0 Å². The van der Waals surface area contributed by atoms with Gasteiger partial charge in [-0.1, -0.05) is 11.6 Å². The summed E-state index contributed by atoms with van der Waals surface area (Å²) in [5.74, 6) is 0. The van der Waals surface area contributed by atoms with Crippen LogP contribution in [0, 0.1) is 0 Å². The Morgan fingerprint density at radius 2 is 2.25 bits per heavy atom. The maximum absolute atomic E-state index is 5.37. The summed E-state index contributed by atoms with van der Waals surface area (Å²) in [5, 5.41) is 7.43. The van der Waals surface area contributed by atoms with Crippen molar-refractivity contribution >= 4 is 41.2 Å². The van der Waals surface area contributed by atoms with Crippen LogP contribution in [0.1, 0.15) is 0 Å². The van der Waals surface area contributed by atoms with Gasteiger partial charge in [0.25, 0.3) is 0 Å². The minimum absolute atomic E-state index is 0. The summed E-state index contributed by atoms with van der Waals surface area (Å²) in [6.07, 6.45) is 1.58. The van der Waals surface area contributed by atoms with Gasteiger partial charge in [-0.05, 0) is 12.1 Å². The Bertz CT molecular complexity index is 144. The van der Waals surface area contributed by atoms with Crippen molar-refractivity contribution in [1.29, 1.82) is 0 Å². The average molecular weight is 139 g/mol. The Hall–Kier alpha value is 0.370. The van der Waals surface area contributed by atoms with Gasteiger partial charge in [0.1, 0.15) is 0 Å². The Kier molecular flexibility index (Phi) is 4.47. The Morgan fingerprint density at radius 1 is 1.50 bits per heavy atom. The van der Waals surface area contributed by atoms with E-state index in [-0.39, 0.29) is 29.6 Å². The van der Waals surface area contributed by atoms with Crippen molar-refractivity contribution < 1.29 is 0 Å². The number of aromatic nitrogens is 2. The van der Waals surface area contributed by atoms with Crippen LogP contribution in [0.5, 0.6) is 0 Å². The predicted molar refractivity (Wildman–Crippen MR) is 34.2 cm³/mol. The fraction of sp³-hybridized carbons (Fsp3) is 0. The molecule has 0 fully saturated rings. The summed E-state index contributed by atoms with van der Waals surface area (Å²) in [4.78, 5) is 0. The molecule has 0 atom stereocenters. The molecule has 0 aromatic carbocycles. The molecule has 1 aromatic rings. The number of rotatable bonds is 0. The van der Waals surface area contributed by atoms with Crippen LogP contribution in [0.25, 0.3) is 0 Å². The SMILES string of the molecule is Clc1cccnn1.[NaH]. The molecule has 0 N–H and O–H groups in total. The Balaban J connectivity index is 0.000000490. The van der Waals surface area contributed by atoms with Gasteiger partial charge >= 0.3 is 29.6 Å². The molecule has 0 aliphatic carbocycles. The molecule has 0 unspecified atom stereocenters. The topological polar surface area (TPSA) is 25.8 Å². The number of nitrogens with zero attached hydrogens (tertiary/aromatic N) is 2. The molecule has 0 bridgehead atoms. The summed E-state index contributed by atoms with van der Waals surface area (Å²) in [7, 11) is 0. The molecular weight excluding hydrogens is 135 g/mol. The van der Waals surface area contributed by atoms with Crippen molar-refractivity contribution in [2.45, 2.75) is 0 Å². The first-order valence-electron chi connectivity index (χ1n) is 1.83. The van der Waals surface area contributed by atoms with Gasteiger partial charge in [0.2, 0.25) is 0 Å². The van der Waals surface area contributed by atoms with Crippen molar-refractivity contribution in [3.05, 3.63) is 23.5 Å². The molecule has 0 saturated carbocycles. The second kappa shape index (κ2) is 4.27. The van der Waals surface area contributed by atoms with E-state index in [0.29, 0.717) is 5.15 Å². The number of hydrogen-bond acceptors (Lipinski definition) is 2. The molecule has 38 valence electrons. The Morgan fingerprint density at radius 3 is 2.50 bits per heavy atom. The minimum atomic E-state index is 0. The van der Waals surface area contributed by atoms with Gasteiger partial charge < -0.3 is 0 Å². The number of hydrogen-bond donors (Lipinski definition) is 0. The summed E-state index contributed by atoms with van der Waals surface area (Å²) in [6, 6.07) is 3.41. The standard InChI is InChI=1S/C4H3ClN2.Na.H/c5-4-2-1-3-6-7-4;;/h1-3H;;. The average Bonchev–Trinajstić information content (AvgIpc) is 1.69. The first kappa shape index (κ1) is 8.37. The van der Waals surface area contributed by atoms with Gasteiger partial charge in [0.05, 0.1) is 0 Å². The monoisotopic (exact) mass is 138 g/mol. The van der Waals surface area contributed by atoms with E-state index >= 15 is 0 Å². The summed E-state index contributed by atoms with van der Waals surface area (Å²) >= 11 is 5.37. The molecule has 0 aliphatic rings. The summed E-state index contributed by atoms with van der Waals surface area (Å²) in [5.41, 5.74) is 0. The van der Waals surface area contributed by atoms with Gasteiger partial charge in [-0.3, -0.25) is 0 Å². The fourth-order valence-corrected chi connectivity index (χ4v) is 0.399. The van der Waals surface area contributed by atoms with Gasteiger partial charge in [0, 0.05) is 6.20 Å². The van der Waals surface area contributed by atoms with E-state index in [1.54, 1.807) is 18.3 Å².